The second kappa shape index (κ2) is 7.51. The third-order valence-electron chi connectivity index (χ3n) is 1.71. The van der Waals surface area contributed by atoms with Crippen molar-refractivity contribution >= 4 is 30.0 Å². The first-order chi connectivity index (χ1) is 7.61. The summed E-state index contributed by atoms with van der Waals surface area (Å²) in [6, 6.07) is 6.32. The quantitative estimate of drug-likeness (QED) is 0.384. The third-order valence-corrected chi connectivity index (χ3v) is 1.71. The summed E-state index contributed by atoms with van der Waals surface area (Å²) in [4.78, 5) is 22.2. The van der Waals surface area contributed by atoms with Gasteiger partial charge in [-0.1, -0.05) is 0 Å². The maximum absolute atomic E-state index is 11.2. The number of nitrogen functional groups attached to an aromatic ring is 1. The molecule has 0 radical (unpaired) electrons. The van der Waals surface area contributed by atoms with Gasteiger partial charge in [-0.2, -0.15) is 0 Å². The summed E-state index contributed by atoms with van der Waals surface area (Å²) >= 11 is 0. The van der Waals surface area contributed by atoms with Crippen LogP contribution >= 0.6 is 12.4 Å². The molecule has 0 aliphatic rings. The van der Waals surface area contributed by atoms with Crippen LogP contribution in [0.2, 0.25) is 0 Å². The fraction of sp³-hybridized carbons (Fsp3) is 0.273. The number of carbonyl (C=O) groups is 2. The highest BCUT2D eigenvalue weighted by molar-refractivity contribution is 5.92. The number of carbonyl (C=O) groups excluding carboxylic acids is 2. The zero-order chi connectivity index (χ0) is 12.0. The topological polar surface area (TPSA) is 78.6 Å². The molecule has 94 valence electrons. The number of ether oxygens (including phenoxy) is 2. The molecule has 0 aliphatic heterocycles. The van der Waals surface area contributed by atoms with Gasteiger partial charge >= 0.3 is 11.9 Å². The Balaban J connectivity index is 0.00000256. The van der Waals surface area contributed by atoms with E-state index >= 15 is 0 Å². The largest absolute Gasteiger partial charge is 0.466 e. The number of anilines is 1. The average Bonchev–Trinajstić information content (AvgIpc) is 2.21. The van der Waals surface area contributed by atoms with Crippen LogP contribution in [-0.2, 0) is 14.3 Å². The van der Waals surface area contributed by atoms with E-state index in [2.05, 4.69) is 4.74 Å². The molecule has 1 aromatic rings. The summed E-state index contributed by atoms with van der Waals surface area (Å²) in [6.45, 7) is 1.91. The van der Waals surface area contributed by atoms with Crippen LogP contribution < -0.4 is 10.5 Å². The maximum Gasteiger partial charge on any atom is 0.322 e. The molecule has 0 amide bonds. The van der Waals surface area contributed by atoms with Gasteiger partial charge in [0.1, 0.15) is 12.2 Å². The van der Waals surface area contributed by atoms with E-state index in [-0.39, 0.29) is 19.0 Å². The Hall–Kier alpha value is -1.75. The van der Waals surface area contributed by atoms with Gasteiger partial charge in [0.2, 0.25) is 0 Å². The number of benzene rings is 1. The Labute approximate surface area is 105 Å². The van der Waals surface area contributed by atoms with E-state index in [4.69, 9.17) is 10.5 Å². The van der Waals surface area contributed by atoms with Crippen molar-refractivity contribution in [2.75, 3.05) is 12.3 Å². The molecule has 0 unspecified atom stereocenters. The number of hydrogen-bond acceptors (Lipinski definition) is 5. The van der Waals surface area contributed by atoms with E-state index in [9.17, 15) is 9.59 Å². The minimum Gasteiger partial charge on any atom is -0.466 e. The van der Waals surface area contributed by atoms with Gasteiger partial charge in [-0.15, -0.1) is 12.4 Å². The zero-order valence-corrected chi connectivity index (χ0v) is 10.2. The summed E-state index contributed by atoms with van der Waals surface area (Å²) in [5.74, 6) is -0.894. The number of halogens is 1. The zero-order valence-electron chi connectivity index (χ0n) is 9.34. The Morgan fingerprint density at radius 3 is 2.29 bits per heavy atom. The van der Waals surface area contributed by atoms with Gasteiger partial charge in [-0.3, -0.25) is 9.59 Å². The highest BCUT2D eigenvalue weighted by Crippen LogP contribution is 2.13. The van der Waals surface area contributed by atoms with Gasteiger partial charge < -0.3 is 15.2 Å². The first kappa shape index (κ1) is 15.2. The molecular formula is C11H14ClNO4. The first-order valence-electron chi connectivity index (χ1n) is 4.83. The molecule has 0 saturated carbocycles. The molecule has 6 heteroatoms. The summed E-state index contributed by atoms with van der Waals surface area (Å²) in [5, 5.41) is 0. The van der Waals surface area contributed by atoms with Crippen LogP contribution in [0.15, 0.2) is 24.3 Å². The first-order valence-corrected chi connectivity index (χ1v) is 4.83. The highest BCUT2D eigenvalue weighted by atomic mass is 35.5. The van der Waals surface area contributed by atoms with E-state index in [0.717, 1.165) is 0 Å². The van der Waals surface area contributed by atoms with Gasteiger partial charge in [0.05, 0.1) is 6.61 Å². The molecule has 0 bridgehead atoms. The van der Waals surface area contributed by atoms with E-state index in [1.165, 1.54) is 0 Å². The molecule has 0 aliphatic carbocycles. The van der Waals surface area contributed by atoms with Crippen molar-refractivity contribution in [2.45, 2.75) is 13.3 Å². The SMILES string of the molecule is CCOC(=O)CC(=O)Oc1ccc(N)cc1.Cl. The normalized spacial score (nSPS) is 9.00. The molecule has 1 rings (SSSR count). The number of nitrogens with two attached hydrogens (primary N) is 1. The predicted molar refractivity (Wildman–Crippen MR) is 65.0 cm³/mol. The number of esters is 2. The molecule has 0 atom stereocenters. The lowest BCUT2D eigenvalue weighted by molar-refractivity contribution is -0.149. The molecule has 0 saturated heterocycles. The van der Waals surface area contributed by atoms with Crippen LogP contribution in [0.25, 0.3) is 0 Å². The Morgan fingerprint density at radius 2 is 1.76 bits per heavy atom. The fourth-order valence-corrected chi connectivity index (χ4v) is 1.03. The highest BCUT2D eigenvalue weighted by Gasteiger charge is 2.12. The Bertz CT molecular complexity index is 378. The van der Waals surface area contributed by atoms with Gasteiger partial charge in [0, 0.05) is 5.69 Å². The van der Waals surface area contributed by atoms with Gasteiger partial charge in [-0.25, -0.2) is 0 Å². The fourth-order valence-electron chi connectivity index (χ4n) is 1.03. The summed E-state index contributed by atoms with van der Waals surface area (Å²) < 4.78 is 9.50. The van der Waals surface area contributed by atoms with Crippen molar-refractivity contribution in [3.8, 4) is 5.75 Å². The molecule has 2 N–H and O–H groups in total. The van der Waals surface area contributed by atoms with Crippen LogP contribution in [0.5, 0.6) is 5.75 Å². The molecule has 5 nitrogen and oxygen atoms in total. The van der Waals surface area contributed by atoms with Crippen molar-refractivity contribution in [2.24, 2.45) is 0 Å². The van der Waals surface area contributed by atoms with E-state index in [1.807, 2.05) is 0 Å². The number of hydrogen-bond donors (Lipinski definition) is 1. The van der Waals surface area contributed by atoms with E-state index < -0.39 is 18.4 Å². The van der Waals surface area contributed by atoms with Crippen molar-refractivity contribution in [1.29, 1.82) is 0 Å². The molecule has 1 aromatic carbocycles. The lowest BCUT2D eigenvalue weighted by Gasteiger charge is -2.04. The summed E-state index contributed by atoms with van der Waals surface area (Å²) in [5.41, 5.74) is 6.04. The van der Waals surface area contributed by atoms with Crippen molar-refractivity contribution in [3.05, 3.63) is 24.3 Å². The predicted octanol–water partition coefficient (Wildman–Crippen LogP) is 1.55. The van der Waals surface area contributed by atoms with Crippen LogP contribution in [0.1, 0.15) is 13.3 Å². The molecule has 17 heavy (non-hydrogen) atoms. The van der Waals surface area contributed by atoms with Crippen LogP contribution in [0, 0.1) is 0 Å². The smallest absolute Gasteiger partial charge is 0.322 e. The van der Waals surface area contributed by atoms with Gasteiger partial charge in [-0.05, 0) is 31.2 Å². The molecule has 0 spiro atoms. The lowest BCUT2D eigenvalue weighted by atomic mass is 10.3. The molecular weight excluding hydrogens is 246 g/mol. The second-order valence-corrected chi connectivity index (χ2v) is 3.02. The molecule has 0 aromatic heterocycles. The Kier molecular flexibility index (Phi) is 6.74. The van der Waals surface area contributed by atoms with Crippen molar-refractivity contribution in [3.63, 3.8) is 0 Å². The van der Waals surface area contributed by atoms with Crippen molar-refractivity contribution < 1.29 is 19.1 Å². The van der Waals surface area contributed by atoms with Crippen molar-refractivity contribution in [1.82, 2.24) is 0 Å². The van der Waals surface area contributed by atoms with Gasteiger partial charge in [0.25, 0.3) is 0 Å². The standard InChI is InChI=1S/C11H13NO4.ClH/c1-2-15-10(13)7-11(14)16-9-5-3-8(12)4-6-9;/h3-6H,2,7,12H2,1H3;1H. The molecule has 0 fully saturated rings. The van der Waals surface area contributed by atoms with Crippen LogP contribution in [-0.4, -0.2) is 18.5 Å². The van der Waals surface area contributed by atoms with Gasteiger partial charge in [0.15, 0.2) is 0 Å². The van der Waals surface area contributed by atoms with E-state index in [1.54, 1.807) is 31.2 Å². The minimum absolute atomic E-state index is 0. The number of rotatable bonds is 4. The maximum atomic E-state index is 11.2. The summed E-state index contributed by atoms with van der Waals surface area (Å²) in [7, 11) is 0. The Morgan fingerprint density at radius 1 is 1.18 bits per heavy atom. The van der Waals surface area contributed by atoms with Crippen LogP contribution in [0.3, 0.4) is 0 Å². The minimum atomic E-state index is -0.650. The molecule has 0 heterocycles. The van der Waals surface area contributed by atoms with E-state index in [0.29, 0.717) is 11.4 Å². The summed E-state index contributed by atoms with van der Waals surface area (Å²) in [6.07, 6.45) is -0.391. The average molecular weight is 260 g/mol. The lowest BCUT2D eigenvalue weighted by Crippen LogP contribution is -2.15. The second-order valence-electron chi connectivity index (χ2n) is 3.02. The monoisotopic (exact) mass is 259 g/mol. The third kappa shape index (κ3) is 5.77. The van der Waals surface area contributed by atoms with Crippen LogP contribution in [0.4, 0.5) is 5.69 Å².